The van der Waals surface area contributed by atoms with Crippen LogP contribution in [0.1, 0.15) is 63.0 Å². The number of aliphatic carboxylic acids is 1. The number of alkyl carbamates (subject to hydrolysis) is 1. The minimum absolute atomic E-state index is 0.0168. The molecule has 1 aliphatic rings. The molecule has 2 amide bonds. The molecule has 176 valence electrons. The van der Waals surface area contributed by atoms with Crippen molar-refractivity contribution in [2.24, 2.45) is 0 Å². The predicted molar refractivity (Wildman–Crippen MR) is 126 cm³/mol. The lowest BCUT2D eigenvalue weighted by Crippen LogP contribution is -2.49. The Balaban J connectivity index is 1.60. The van der Waals surface area contributed by atoms with E-state index in [0.717, 1.165) is 22.3 Å². The van der Waals surface area contributed by atoms with Gasteiger partial charge in [-0.15, -0.1) is 0 Å². The zero-order chi connectivity index (χ0) is 23.8. The largest absolute Gasteiger partial charge is 0.481 e. The number of hydrogen-bond acceptors (Lipinski definition) is 4. The van der Waals surface area contributed by atoms with Crippen molar-refractivity contribution >= 4 is 18.0 Å². The lowest BCUT2D eigenvalue weighted by atomic mass is 9.98. The maximum absolute atomic E-state index is 12.7. The number of rotatable bonds is 11. The Morgan fingerprint density at radius 2 is 1.55 bits per heavy atom. The Labute approximate surface area is 194 Å². The molecule has 0 saturated carbocycles. The Bertz CT molecular complexity index is 945. The van der Waals surface area contributed by atoms with Crippen LogP contribution in [0.2, 0.25) is 0 Å². The van der Waals surface area contributed by atoms with Gasteiger partial charge in [0.2, 0.25) is 5.91 Å². The first kappa shape index (κ1) is 24.3. The second-order valence-corrected chi connectivity index (χ2v) is 8.36. The lowest BCUT2D eigenvalue weighted by molar-refractivity contribution is -0.137. The van der Waals surface area contributed by atoms with Crippen molar-refractivity contribution < 1.29 is 24.2 Å². The van der Waals surface area contributed by atoms with Crippen molar-refractivity contribution in [2.45, 2.75) is 64.0 Å². The maximum atomic E-state index is 12.7. The van der Waals surface area contributed by atoms with E-state index in [-0.39, 0.29) is 30.9 Å². The van der Waals surface area contributed by atoms with Crippen LogP contribution in [0.25, 0.3) is 11.1 Å². The molecule has 2 atom stereocenters. The van der Waals surface area contributed by atoms with Crippen LogP contribution in [0.4, 0.5) is 4.79 Å². The third-order valence-electron chi connectivity index (χ3n) is 6.08. The van der Waals surface area contributed by atoms with Crippen LogP contribution in [-0.4, -0.2) is 41.8 Å². The van der Waals surface area contributed by atoms with Gasteiger partial charge in [0.05, 0.1) is 0 Å². The zero-order valence-electron chi connectivity index (χ0n) is 19.2. The summed E-state index contributed by atoms with van der Waals surface area (Å²) in [5.74, 6) is -1.27. The predicted octanol–water partition coefficient (Wildman–Crippen LogP) is 4.45. The summed E-state index contributed by atoms with van der Waals surface area (Å²) in [6, 6.07) is 15.2. The van der Waals surface area contributed by atoms with Crippen molar-refractivity contribution in [3.63, 3.8) is 0 Å². The average molecular weight is 453 g/mol. The number of carbonyl (C=O) groups is 3. The molecule has 0 bridgehead atoms. The number of amides is 2. The van der Waals surface area contributed by atoms with Gasteiger partial charge >= 0.3 is 12.1 Å². The highest BCUT2D eigenvalue weighted by Crippen LogP contribution is 2.44. The van der Waals surface area contributed by atoms with Crippen LogP contribution in [0.5, 0.6) is 0 Å². The SMILES string of the molecule is CCC[C@@H](NC(=O)OCC1c2ccccc2-c2ccccc21)C(=O)NC(CC)CCC(=O)O. The molecule has 3 rings (SSSR count). The van der Waals surface area contributed by atoms with E-state index in [1.54, 1.807) is 0 Å². The van der Waals surface area contributed by atoms with Crippen LogP contribution < -0.4 is 10.6 Å². The number of carbonyl (C=O) groups excluding carboxylic acids is 2. The first-order valence-electron chi connectivity index (χ1n) is 11.6. The van der Waals surface area contributed by atoms with Crippen LogP contribution in [0, 0.1) is 0 Å². The highest BCUT2D eigenvalue weighted by molar-refractivity contribution is 5.86. The Morgan fingerprint density at radius 3 is 2.09 bits per heavy atom. The topological polar surface area (TPSA) is 105 Å². The maximum Gasteiger partial charge on any atom is 0.407 e. The Morgan fingerprint density at radius 1 is 0.939 bits per heavy atom. The van der Waals surface area contributed by atoms with Crippen LogP contribution >= 0.6 is 0 Å². The number of hydrogen-bond donors (Lipinski definition) is 3. The molecule has 0 heterocycles. The molecule has 1 aliphatic carbocycles. The van der Waals surface area contributed by atoms with Gasteiger partial charge in [-0.2, -0.15) is 0 Å². The molecule has 2 aromatic rings. The summed E-state index contributed by atoms with van der Waals surface area (Å²) in [7, 11) is 0. The van der Waals surface area contributed by atoms with E-state index < -0.39 is 18.1 Å². The van der Waals surface area contributed by atoms with Gasteiger partial charge in [0, 0.05) is 18.4 Å². The summed E-state index contributed by atoms with van der Waals surface area (Å²) in [4.78, 5) is 36.2. The molecular formula is C26H32N2O5. The molecule has 3 N–H and O–H groups in total. The number of carboxylic acid groups (broad SMARTS) is 1. The molecular weight excluding hydrogens is 420 g/mol. The van der Waals surface area contributed by atoms with E-state index in [1.807, 2.05) is 38.1 Å². The number of nitrogens with one attached hydrogen (secondary N) is 2. The normalized spacial score (nSPS) is 14.0. The van der Waals surface area contributed by atoms with E-state index in [4.69, 9.17) is 9.84 Å². The fourth-order valence-corrected chi connectivity index (χ4v) is 4.32. The summed E-state index contributed by atoms with van der Waals surface area (Å²) in [6.45, 7) is 4.00. The summed E-state index contributed by atoms with van der Waals surface area (Å²) >= 11 is 0. The van der Waals surface area contributed by atoms with Gasteiger partial charge in [0.25, 0.3) is 0 Å². The Hall–Kier alpha value is -3.35. The van der Waals surface area contributed by atoms with E-state index >= 15 is 0 Å². The van der Waals surface area contributed by atoms with Crippen molar-refractivity contribution in [3.05, 3.63) is 59.7 Å². The van der Waals surface area contributed by atoms with Gasteiger partial charge in [-0.05, 0) is 41.5 Å². The van der Waals surface area contributed by atoms with Crippen LogP contribution in [-0.2, 0) is 14.3 Å². The second kappa shape index (κ2) is 11.5. The summed E-state index contributed by atoms with van der Waals surface area (Å²) in [5, 5.41) is 14.4. The number of benzene rings is 2. The molecule has 0 saturated heterocycles. The van der Waals surface area contributed by atoms with Gasteiger partial charge in [-0.3, -0.25) is 9.59 Å². The van der Waals surface area contributed by atoms with E-state index in [1.165, 1.54) is 0 Å². The standard InChI is InChI=1S/C26H32N2O5/c1-3-9-23(25(31)27-17(4-2)14-15-24(29)30)28-26(32)33-16-22-20-12-7-5-10-18(20)19-11-6-8-13-21(19)22/h5-8,10-13,17,22-23H,3-4,9,14-16H2,1-2H3,(H,27,31)(H,28,32)(H,29,30)/t17?,23-/m1/s1. The van der Waals surface area contributed by atoms with Crippen molar-refractivity contribution in [2.75, 3.05) is 6.61 Å². The van der Waals surface area contributed by atoms with E-state index in [0.29, 0.717) is 25.7 Å². The third kappa shape index (κ3) is 6.12. The fraction of sp³-hybridized carbons (Fsp3) is 0.423. The summed E-state index contributed by atoms with van der Waals surface area (Å²) in [6.07, 6.45) is 1.48. The number of ether oxygens (including phenoxy) is 1. The highest BCUT2D eigenvalue weighted by atomic mass is 16.5. The highest BCUT2D eigenvalue weighted by Gasteiger charge is 2.30. The van der Waals surface area contributed by atoms with Crippen molar-refractivity contribution in [1.29, 1.82) is 0 Å². The molecule has 1 unspecified atom stereocenters. The quantitative estimate of drug-likeness (QED) is 0.467. The number of carboxylic acids is 1. The summed E-state index contributed by atoms with van der Waals surface area (Å²) < 4.78 is 5.57. The van der Waals surface area contributed by atoms with Crippen LogP contribution in [0.3, 0.4) is 0 Å². The lowest BCUT2D eigenvalue weighted by Gasteiger charge is -2.22. The molecule has 7 nitrogen and oxygen atoms in total. The minimum Gasteiger partial charge on any atom is -0.481 e. The van der Waals surface area contributed by atoms with Crippen molar-refractivity contribution in [3.8, 4) is 11.1 Å². The average Bonchev–Trinajstić information content (AvgIpc) is 3.13. The molecule has 0 spiro atoms. The fourth-order valence-electron chi connectivity index (χ4n) is 4.32. The minimum atomic E-state index is -0.899. The second-order valence-electron chi connectivity index (χ2n) is 8.36. The molecule has 2 aromatic carbocycles. The smallest absolute Gasteiger partial charge is 0.407 e. The molecule has 0 radical (unpaired) electrons. The monoisotopic (exact) mass is 452 g/mol. The molecule has 0 aliphatic heterocycles. The first-order chi connectivity index (χ1) is 15.9. The Kier molecular flexibility index (Phi) is 8.46. The van der Waals surface area contributed by atoms with Gasteiger partial charge in [0.1, 0.15) is 12.6 Å². The summed E-state index contributed by atoms with van der Waals surface area (Å²) in [5.41, 5.74) is 4.55. The van der Waals surface area contributed by atoms with Gasteiger partial charge in [0.15, 0.2) is 0 Å². The zero-order valence-corrected chi connectivity index (χ0v) is 19.2. The van der Waals surface area contributed by atoms with Gasteiger partial charge in [-0.1, -0.05) is 68.8 Å². The number of fused-ring (bicyclic) bond motifs is 3. The first-order valence-corrected chi connectivity index (χ1v) is 11.6. The van der Waals surface area contributed by atoms with Gasteiger partial charge < -0.3 is 20.5 Å². The van der Waals surface area contributed by atoms with Crippen LogP contribution in [0.15, 0.2) is 48.5 Å². The van der Waals surface area contributed by atoms with E-state index in [9.17, 15) is 14.4 Å². The van der Waals surface area contributed by atoms with Crippen molar-refractivity contribution in [1.82, 2.24) is 10.6 Å². The molecule has 7 heteroatoms. The third-order valence-corrected chi connectivity index (χ3v) is 6.08. The van der Waals surface area contributed by atoms with Gasteiger partial charge in [-0.25, -0.2) is 4.79 Å². The molecule has 0 fully saturated rings. The van der Waals surface area contributed by atoms with E-state index in [2.05, 4.69) is 34.9 Å². The molecule has 33 heavy (non-hydrogen) atoms. The molecule has 0 aromatic heterocycles.